The van der Waals surface area contributed by atoms with E-state index in [1.165, 1.54) is 0 Å². The van der Waals surface area contributed by atoms with Gasteiger partial charge in [-0.25, -0.2) is 0 Å². The van der Waals surface area contributed by atoms with Crippen LogP contribution in [0.1, 0.15) is 34.0 Å². The maximum absolute atomic E-state index is 13.1. The average Bonchev–Trinajstić information content (AvgIpc) is 3.28. The van der Waals surface area contributed by atoms with Gasteiger partial charge in [0.1, 0.15) is 0 Å². The first-order valence-corrected chi connectivity index (χ1v) is 10.6. The standard InChI is InChI=1S/C23H19N3O2S/c24-11-15-3-5-17(6-4-15)22(27)25-12-16-10-18(14-25)20-8-7-19(21-2-1-9-29-21)23(28)26(20)13-16/h1-9,16,18H,10,12-14H2/t16-,18-/m1/s1. The van der Waals surface area contributed by atoms with Crippen molar-refractivity contribution < 1.29 is 4.79 Å². The lowest BCUT2D eigenvalue weighted by molar-refractivity contribution is 0.0594. The molecule has 0 unspecified atom stereocenters. The molecular weight excluding hydrogens is 382 g/mol. The zero-order valence-corrected chi connectivity index (χ0v) is 16.6. The van der Waals surface area contributed by atoms with Crippen molar-refractivity contribution in [1.29, 1.82) is 5.26 Å². The third-order valence-electron chi connectivity index (χ3n) is 5.94. The largest absolute Gasteiger partial charge is 0.338 e. The summed E-state index contributed by atoms with van der Waals surface area (Å²) in [6.07, 6.45) is 1.01. The third kappa shape index (κ3) is 3.08. The molecule has 0 aliphatic carbocycles. The minimum atomic E-state index is -0.00445. The molecule has 5 nitrogen and oxygen atoms in total. The number of hydrogen-bond donors (Lipinski definition) is 0. The molecule has 2 aromatic heterocycles. The van der Waals surface area contributed by atoms with Crippen LogP contribution in [-0.4, -0.2) is 28.5 Å². The topological polar surface area (TPSA) is 66.1 Å². The van der Waals surface area contributed by atoms with Gasteiger partial charge in [0.25, 0.3) is 11.5 Å². The molecule has 2 bridgehead atoms. The molecule has 0 N–H and O–H groups in total. The van der Waals surface area contributed by atoms with Gasteiger partial charge in [-0.15, -0.1) is 11.3 Å². The summed E-state index contributed by atoms with van der Waals surface area (Å²) in [5, 5.41) is 10.9. The quantitative estimate of drug-likeness (QED) is 0.658. The number of pyridine rings is 1. The van der Waals surface area contributed by atoms with E-state index < -0.39 is 0 Å². The molecule has 1 saturated heterocycles. The molecule has 0 spiro atoms. The molecule has 1 fully saturated rings. The van der Waals surface area contributed by atoms with Crippen LogP contribution in [-0.2, 0) is 6.54 Å². The van der Waals surface area contributed by atoms with Crippen LogP contribution in [0.2, 0.25) is 0 Å². The molecule has 6 heteroatoms. The highest BCUT2D eigenvalue weighted by molar-refractivity contribution is 7.13. The van der Waals surface area contributed by atoms with Gasteiger partial charge in [-0.3, -0.25) is 9.59 Å². The van der Waals surface area contributed by atoms with Crippen LogP contribution in [0.25, 0.3) is 10.4 Å². The first-order chi connectivity index (χ1) is 14.1. The Balaban J connectivity index is 1.44. The number of aromatic nitrogens is 1. The lowest BCUT2D eigenvalue weighted by Gasteiger charge is -2.43. The fourth-order valence-corrected chi connectivity index (χ4v) is 5.34. The molecule has 5 rings (SSSR count). The Morgan fingerprint density at radius 2 is 1.90 bits per heavy atom. The van der Waals surface area contributed by atoms with Crippen molar-refractivity contribution >= 4 is 17.2 Å². The SMILES string of the molecule is N#Cc1ccc(C(=O)N2C[C@H]3C[C@H](C2)c2ccc(-c4cccs4)c(=O)n2C3)cc1. The molecular formula is C23H19N3O2S. The summed E-state index contributed by atoms with van der Waals surface area (Å²) in [6.45, 7) is 1.93. The Morgan fingerprint density at radius 1 is 1.07 bits per heavy atom. The first kappa shape index (κ1) is 17.9. The Kier molecular flexibility index (Phi) is 4.33. The molecule has 2 aliphatic rings. The van der Waals surface area contributed by atoms with E-state index in [4.69, 9.17) is 5.26 Å². The van der Waals surface area contributed by atoms with Crippen LogP contribution in [0.5, 0.6) is 0 Å². The van der Waals surface area contributed by atoms with Crippen molar-refractivity contribution in [3.05, 3.63) is 81.1 Å². The van der Waals surface area contributed by atoms with Gasteiger partial charge in [0, 0.05) is 41.7 Å². The summed E-state index contributed by atoms with van der Waals surface area (Å²) in [5.41, 5.74) is 3.02. The van der Waals surface area contributed by atoms with Crippen molar-refractivity contribution in [3.63, 3.8) is 0 Å². The van der Waals surface area contributed by atoms with E-state index in [0.717, 1.165) is 22.6 Å². The fraction of sp³-hybridized carbons (Fsp3) is 0.261. The lowest BCUT2D eigenvalue weighted by Crippen LogP contribution is -2.49. The Bertz CT molecular complexity index is 1170. The van der Waals surface area contributed by atoms with E-state index in [1.807, 2.05) is 33.0 Å². The summed E-state index contributed by atoms with van der Waals surface area (Å²) < 4.78 is 1.93. The molecule has 1 aromatic carbocycles. The predicted molar refractivity (Wildman–Crippen MR) is 112 cm³/mol. The van der Waals surface area contributed by atoms with Gasteiger partial charge < -0.3 is 9.47 Å². The minimum absolute atomic E-state index is 0.00445. The first-order valence-electron chi connectivity index (χ1n) is 9.71. The number of carbonyl (C=O) groups is 1. The second-order valence-corrected chi connectivity index (χ2v) is 8.71. The number of amides is 1. The van der Waals surface area contributed by atoms with Gasteiger partial charge in [-0.2, -0.15) is 5.26 Å². The predicted octanol–water partition coefficient (Wildman–Crippen LogP) is 3.71. The van der Waals surface area contributed by atoms with Crippen molar-refractivity contribution in [2.45, 2.75) is 18.9 Å². The van der Waals surface area contributed by atoms with Crippen molar-refractivity contribution in [1.82, 2.24) is 9.47 Å². The van der Waals surface area contributed by atoms with Crippen molar-refractivity contribution in [2.24, 2.45) is 5.92 Å². The number of thiophene rings is 1. The summed E-state index contributed by atoms with van der Waals surface area (Å²) in [6, 6.07) is 16.8. The number of carbonyl (C=O) groups excluding carboxylic acids is 1. The summed E-state index contributed by atoms with van der Waals surface area (Å²) in [4.78, 5) is 29.0. The van der Waals surface area contributed by atoms with Gasteiger partial charge in [0.15, 0.2) is 0 Å². The molecule has 4 heterocycles. The molecule has 0 saturated carbocycles. The Hall–Kier alpha value is -3.17. The van der Waals surface area contributed by atoms with Crippen LogP contribution in [0.4, 0.5) is 0 Å². The molecule has 2 atom stereocenters. The summed E-state index contributed by atoms with van der Waals surface area (Å²) in [5.74, 6) is 0.449. The number of piperidine rings is 1. The Morgan fingerprint density at radius 3 is 2.62 bits per heavy atom. The number of rotatable bonds is 2. The zero-order valence-electron chi connectivity index (χ0n) is 15.7. The van der Waals surface area contributed by atoms with E-state index in [-0.39, 0.29) is 23.3 Å². The summed E-state index contributed by atoms with van der Waals surface area (Å²) in [7, 11) is 0. The smallest absolute Gasteiger partial charge is 0.259 e. The van der Waals surface area contributed by atoms with E-state index in [0.29, 0.717) is 30.8 Å². The van der Waals surface area contributed by atoms with Gasteiger partial charge in [-0.1, -0.05) is 6.07 Å². The molecule has 29 heavy (non-hydrogen) atoms. The van der Waals surface area contributed by atoms with E-state index in [1.54, 1.807) is 35.6 Å². The van der Waals surface area contributed by atoms with Crippen LogP contribution < -0.4 is 5.56 Å². The third-order valence-corrected chi connectivity index (χ3v) is 6.84. The normalized spacial score (nSPS) is 20.0. The average molecular weight is 401 g/mol. The van der Waals surface area contributed by atoms with Crippen molar-refractivity contribution in [3.8, 4) is 16.5 Å². The van der Waals surface area contributed by atoms with Crippen LogP contribution in [0.3, 0.4) is 0 Å². The molecule has 3 aromatic rings. The summed E-state index contributed by atoms with van der Waals surface area (Å²) >= 11 is 1.58. The zero-order chi connectivity index (χ0) is 20.0. The van der Waals surface area contributed by atoms with Gasteiger partial charge >= 0.3 is 0 Å². The highest BCUT2D eigenvalue weighted by atomic mass is 32.1. The lowest BCUT2D eigenvalue weighted by atomic mass is 9.82. The monoisotopic (exact) mass is 401 g/mol. The van der Waals surface area contributed by atoms with Gasteiger partial charge in [0.2, 0.25) is 0 Å². The van der Waals surface area contributed by atoms with Crippen molar-refractivity contribution in [2.75, 3.05) is 13.1 Å². The molecule has 144 valence electrons. The van der Waals surface area contributed by atoms with E-state index in [9.17, 15) is 9.59 Å². The molecule has 2 aliphatic heterocycles. The minimum Gasteiger partial charge on any atom is -0.338 e. The highest BCUT2D eigenvalue weighted by Crippen LogP contribution is 2.36. The van der Waals surface area contributed by atoms with E-state index in [2.05, 4.69) is 12.1 Å². The number of fused-ring (bicyclic) bond motifs is 4. The van der Waals surface area contributed by atoms with Crippen LogP contribution >= 0.6 is 11.3 Å². The van der Waals surface area contributed by atoms with Crippen LogP contribution in [0.15, 0.2) is 58.7 Å². The maximum Gasteiger partial charge on any atom is 0.259 e. The van der Waals surface area contributed by atoms with E-state index >= 15 is 0 Å². The van der Waals surface area contributed by atoms with Gasteiger partial charge in [0.05, 0.1) is 17.2 Å². The van der Waals surface area contributed by atoms with Gasteiger partial charge in [-0.05, 0) is 60.2 Å². The number of nitriles is 1. The Labute approximate surface area is 172 Å². The molecule has 0 radical (unpaired) electrons. The maximum atomic E-state index is 13.1. The number of benzene rings is 1. The number of likely N-dealkylation sites (tertiary alicyclic amines) is 1. The number of hydrogen-bond acceptors (Lipinski definition) is 4. The fourth-order valence-electron chi connectivity index (χ4n) is 4.60. The second-order valence-electron chi connectivity index (χ2n) is 7.76. The van der Waals surface area contributed by atoms with Crippen LogP contribution in [0, 0.1) is 17.2 Å². The highest BCUT2D eigenvalue weighted by Gasteiger charge is 2.37. The second kappa shape index (κ2) is 7.02. The molecule has 1 amide bonds. The number of nitrogens with zero attached hydrogens (tertiary/aromatic N) is 3.